The number of carboxylic acid groups (broad SMARTS) is 2. The number of nitrogens with one attached hydrogen (secondary N) is 5. The number of hydrogen-bond acceptors (Lipinski definition) is 14. The molecule has 0 aromatic heterocycles. The van der Waals surface area contributed by atoms with Crippen LogP contribution in [0.25, 0.3) is 0 Å². The first-order valence-corrected chi connectivity index (χ1v) is 35.5. The normalized spacial score (nSPS) is 11.2. The van der Waals surface area contributed by atoms with Crippen molar-refractivity contribution < 1.29 is 82.6 Å². The summed E-state index contributed by atoms with van der Waals surface area (Å²) in [6, 6.07) is 34.4. The number of unbranched alkanes of at least 4 members (excludes halogenated alkanes) is 5. The molecule has 24 heteroatoms. The lowest BCUT2D eigenvalue weighted by molar-refractivity contribution is -0.141. The number of esters is 1. The Balaban J connectivity index is 0.000000459. The number of carboxylic acids is 2. The van der Waals surface area contributed by atoms with E-state index in [0.29, 0.717) is 104 Å². The minimum absolute atomic E-state index is 0.00118. The SMILES string of the molecule is CC(CO)NC(=O)c1cccc(C#CCCC(=O)O)c1.CC(CO)NC(=O)c1cccc(C#CCCCCC(=O)O)c1.CN(C)C(=O)CCCC#Cc1cccc(C(=O)NC2CC2)c1.CN(C)C(=O)CCCC#Cc1cccc(C(=O)NCCF)c1.COC(=O)CCCC#Cc1cccc(C(=O)NC(C)CO)c1. The van der Waals surface area contributed by atoms with Gasteiger partial charge in [-0.25, -0.2) is 4.39 Å². The van der Waals surface area contributed by atoms with Crippen molar-refractivity contribution in [2.45, 2.75) is 154 Å². The number of hydrogen-bond donors (Lipinski definition) is 10. The summed E-state index contributed by atoms with van der Waals surface area (Å²) >= 11 is 0. The number of rotatable bonds is 29. The van der Waals surface area contributed by atoms with Crippen LogP contribution in [0.4, 0.5) is 4.39 Å². The van der Waals surface area contributed by atoms with Gasteiger partial charge >= 0.3 is 17.9 Å². The van der Waals surface area contributed by atoms with Gasteiger partial charge in [-0.1, -0.05) is 89.5 Å². The summed E-state index contributed by atoms with van der Waals surface area (Å²) < 4.78 is 16.6. The number of halogens is 1. The zero-order valence-electron chi connectivity index (χ0n) is 62.9. The molecule has 5 aromatic carbocycles. The highest BCUT2D eigenvalue weighted by molar-refractivity contribution is 5.97. The number of aliphatic carboxylic acids is 2. The Morgan fingerprint density at radius 1 is 0.435 bits per heavy atom. The van der Waals surface area contributed by atoms with Gasteiger partial charge in [-0.15, -0.1) is 0 Å². The van der Waals surface area contributed by atoms with Crippen molar-refractivity contribution in [3.05, 3.63) is 177 Å². The predicted octanol–water partition coefficient (Wildman–Crippen LogP) is 8.48. The molecule has 108 heavy (non-hydrogen) atoms. The third-order valence-corrected chi connectivity index (χ3v) is 14.7. The maximum Gasteiger partial charge on any atom is 0.305 e. The van der Waals surface area contributed by atoms with Crippen LogP contribution in [0.2, 0.25) is 0 Å². The van der Waals surface area contributed by atoms with Crippen molar-refractivity contribution >= 4 is 59.3 Å². The fourth-order valence-corrected chi connectivity index (χ4v) is 8.52. The minimum Gasteiger partial charge on any atom is -0.481 e. The van der Waals surface area contributed by atoms with Crippen LogP contribution >= 0.6 is 0 Å². The van der Waals surface area contributed by atoms with E-state index < -0.39 is 18.6 Å². The second kappa shape index (κ2) is 54.9. The van der Waals surface area contributed by atoms with Crippen LogP contribution in [-0.2, 0) is 28.7 Å². The summed E-state index contributed by atoms with van der Waals surface area (Å²) in [5.74, 6) is 26.7. The second-order valence-corrected chi connectivity index (χ2v) is 25.0. The topological polar surface area (TPSA) is 348 Å². The van der Waals surface area contributed by atoms with Crippen LogP contribution in [0.5, 0.6) is 0 Å². The molecule has 0 radical (unpaired) electrons. The molecule has 0 aliphatic heterocycles. The number of carbonyl (C=O) groups is 10. The molecule has 3 atom stereocenters. The molecule has 23 nitrogen and oxygen atoms in total. The number of benzene rings is 5. The van der Waals surface area contributed by atoms with E-state index in [1.807, 2.05) is 36.4 Å². The van der Waals surface area contributed by atoms with E-state index in [9.17, 15) is 52.3 Å². The minimum atomic E-state index is -0.884. The Morgan fingerprint density at radius 3 is 1.06 bits per heavy atom. The Kier molecular flexibility index (Phi) is 47.1. The van der Waals surface area contributed by atoms with Crippen molar-refractivity contribution in [1.82, 2.24) is 36.4 Å². The van der Waals surface area contributed by atoms with Crippen LogP contribution in [0, 0.1) is 59.2 Å². The summed E-state index contributed by atoms with van der Waals surface area (Å²) in [7, 11) is 8.33. The number of ether oxygens (including phenoxy) is 1. The molecule has 0 bridgehead atoms. The standard InChI is InChI=1S/C18H22N2O2.C17H21FN2O2.2C17H21NO4.C15H17NO4/c1-20(2)17(21)10-5-3-4-7-14-8-6-9-15(13-14)18(22)19-16-11-12-16;1-20(2)16(21)10-5-3-4-7-14-8-6-9-15(13-14)17(22)19-12-11-18;1-13(12-19)18-17(21)15-9-6-8-14(11-15)7-4-3-5-10-16(20)22-2;1-13(12-19)18-17(22)15-9-6-8-14(11-15)7-4-2-3-5-10-16(20)21;1-11(10-17)16-15(20)13-7-4-6-12(9-13)5-2-3-8-14(18)19/h6,8-9,13,16H,3,5,10-12H2,1-2H3,(H,19,22);6,8-9,13H,3,5,10-12H2,1-2H3,(H,19,22);6,8-9,11,13,19H,3,5,10,12H2,1-2H3,(H,18,21);6,8-9,11,13,19H,2-3,5,10,12H2,1H3,(H,18,22)(H,20,21);4,6-7,9,11,17H,3,8,10H2,1H3,(H,16,20)(H,18,19). The van der Waals surface area contributed by atoms with Crippen LogP contribution in [0.1, 0.15) is 210 Å². The Hall–Kier alpha value is -11.6. The third kappa shape index (κ3) is 43.6. The van der Waals surface area contributed by atoms with E-state index in [-0.39, 0.29) is 111 Å². The first kappa shape index (κ1) is 92.5. The number of aliphatic hydroxyl groups is 3. The summed E-state index contributed by atoms with van der Waals surface area (Å²) in [5, 5.41) is 57.2. The number of amides is 7. The van der Waals surface area contributed by atoms with Gasteiger partial charge in [-0.2, -0.15) is 0 Å². The number of aliphatic hydroxyl groups excluding tert-OH is 3. The average molecular weight is 1480 g/mol. The van der Waals surface area contributed by atoms with E-state index in [4.69, 9.17) is 25.5 Å². The molecule has 0 spiro atoms. The predicted molar refractivity (Wildman–Crippen MR) is 411 cm³/mol. The molecule has 5 aromatic rings. The lowest BCUT2D eigenvalue weighted by Gasteiger charge is -2.10. The zero-order chi connectivity index (χ0) is 80.0. The van der Waals surface area contributed by atoms with Crippen LogP contribution in [0.3, 0.4) is 0 Å². The number of carbonyl (C=O) groups excluding carboxylic acids is 8. The molecule has 7 amide bonds. The van der Waals surface area contributed by atoms with E-state index in [2.05, 4.69) is 90.5 Å². The molecule has 0 heterocycles. The van der Waals surface area contributed by atoms with E-state index in [0.717, 1.165) is 47.9 Å². The molecule has 1 aliphatic carbocycles. The lowest BCUT2D eigenvalue weighted by atomic mass is 10.1. The molecule has 576 valence electrons. The van der Waals surface area contributed by atoms with Gasteiger partial charge in [-0.3, -0.25) is 47.9 Å². The summed E-state index contributed by atoms with van der Waals surface area (Å²) in [6.45, 7) is 4.23. The van der Waals surface area contributed by atoms with Gasteiger partial charge in [0.15, 0.2) is 0 Å². The van der Waals surface area contributed by atoms with E-state index in [1.54, 1.807) is 144 Å². The molecule has 1 saturated carbocycles. The highest BCUT2D eigenvalue weighted by atomic mass is 19.1. The van der Waals surface area contributed by atoms with Crippen LogP contribution in [-0.4, -0.2) is 187 Å². The second-order valence-electron chi connectivity index (χ2n) is 25.0. The van der Waals surface area contributed by atoms with Gasteiger partial charge in [0.2, 0.25) is 11.8 Å². The number of methoxy groups -OCH3 is 1. The van der Waals surface area contributed by atoms with Crippen molar-refractivity contribution in [3.8, 4) is 59.2 Å². The molecular formula is C84H102FN7O16. The number of alkyl halides is 1. The smallest absolute Gasteiger partial charge is 0.305 e. The molecule has 10 N–H and O–H groups in total. The van der Waals surface area contributed by atoms with E-state index in [1.165, 1.54) is 7.11 Å². The van der Waals surface area contributed by atoms with Crippen molar-refractivity contribution in [2.24, 2.45) is 0 Å². The highest BCUT2D eigenvalue weighted by Gasteiger charge is 2.24. The summed E-state index contributed by atoms with van der Waals surface area (Å²) in [4.78, 5) is 117. The average Bonchev–Trinajstić information content (AvgIpc) is 1.52. The Bertz CT molecular complexity index is 4080. The lowest BCUT2D eigenvalue weighted by Crippen LogP contribution is -2.34. The van der Waals surface area contributed by atoms with Gasteiger partial charge in [-0.05, 0) is 157 Å². The summed E-state index contributed by atoms with van der Waals surface area (Å²) in [5.41, 5.74) is 6.26. The van der Waals surface area contributed by atoms with Gasteiger partial charge in [0.1, 0.15) is 6.67 Å². The fourth-order valence-electron chi connectivity index (χ4n) is 8.52. The molecule has 0 saturated heterocycles. The maximum absolute atomic E-state index is 12.0. The maximum atomic E-state index is 12.0. The molecular weight excluding hydrogens is 1380 g/mol. The fraction of sp³-hybridized carbons (Fsp3) is 0.405. The van der Waals surface area contributed by atoms with Crippen LogP contribution < -0.4 is 26.6 Å². The molecule has 1 fully saturated rings. The largest absolute Gasteiger partial charge is 0.481 e. The van der Waals surface area contributed by atoms with Gasteiger partial charge in [0.25, 0.3) is 29.5 Å². The van der Waals surface area contributed by atoms with Crippen molar-refractivity contribution in [1.29, 1.82) is 0 Å². The first-order chi connectivity index (χ1) is 51.7. The Morgan fingerprint density at radius 2 is 0.750 bits per heavy atom. The monoisotopic (exact) mass is 1480 g/mol. The first-order valence-electron chi connectivity index (χ1n) is 35.5. The zero-order valence-corrected chi connectivity index (χ0v) is 62.9. The van der Waals surface area contributed by atoms with Gasteiger partial charge < -0.3 is 66.7 Å². The van der Waals surface area contributed by atoms with Crippen molar-refractivity contribution in [2.75, 3.05) is 68.3 Å². The highest BCUT2D eigenvalue weighted by Crippen LogP contribution is 2.20. The molecule has 1 aliphatic rings. The molecule has 3 unspecified atom stereocenters. The van der Waals surface area contributed by atoms with Crippen LogP contribution in [0.15, 0.2) is 121 Å². The van der Waals surface area contributed by atoms with Gasteiger partial charge in [0, 0.05) is 172 Å². The van der Waals surface area contributed by atoms with Crippen molar-refractivity contribution in [3.63, 3.8) is 0 Å². The van der Waals surface area contributed by atoms with E-state index >= 15 is 0 Å². The quantitative estimate of drug-likeness (QED) is 0.0122. The summed E-state index contributed by atoms with van der Waals surface area (Å²) in [6.07, 6.45) is 9.95. The Labute approximate surface area is 634 Å². The van der Waals surface area contributed by atoms with Gasteiger partial charge in [0.05, 0.1) is 33.4 Å². The molecule has 6 rings (SSSR count). The third-order valence-electron chi connectivity index (χ3n) is 14.7. The number of nitrogens with zero attached hydrogens (tertiary/aromatic N) is 2.